The third-order valence-corrected chi connectivity index (χ3v) is 7.03. The normalized spacial score (nSPS) is 13.8. The van der Waals surface area contributed by atoms with E-state index in [1.807, 2.05) is 12.1 Å². The molecule has 0 bridgehead atoms. The summed E-state index contributed by atoms with van der Waals surface area (Å²) in [6.45, 7) is 2.85. The summed E-state index contributed by atoms with van der Waals surface area (Å²) in [5, 5.41) is 13.1. The number of hydrogen-bond acceptors (Lipinski definition) is 6. The van der Waals surface area contributed by atoms with Crippen molar-refractivity contribution in [1.82, 2.24) is 19.7 Å². The first-order valence-electron chi connectivity index (χ1n) is 9.92. The van der Waals surface area contributed by atoms with Gasteiger partial charge in [-0.2, -0.15) is 0 Å². The molecule has 148 valence electrons. The summed E-state index contributed by atoms with van der Waals surface area (Å²) in [7, 11) is 0. The molecular weight excluding hydrogens is 400 g/mol. The van der Waals surface area contributed by atoms with Gasteiger partial charge in [0, 0.05) is 22.6 Å². The number of aromatic nitrogens is 4. The quantitative estimate of drug-likeness (QED) is 0.337. The SMILES string of the molecule is CCc1ccc(-c2nc(CSc3nnc(C4CC4)n3Cc3ccco3)cs2)cc1. The Morgan fingerprint density at radius 1 is 1.17 bits per heavy atom. The molecule has 7 heteroatoms. The number of furan rings is 1. The molecule has 0 aliphatic heterocycles. The van der Waals surface area contributed by atoms with Crippen LogP contribution in [0.1, 0.15) is 48.5 Å². The van der Waals surface area contributed by atoms with Crippen molar-refractivity contribution in [3.8, 4) is 10.6 Å². The fourth-order valence-corrected chi connectivity index (χ4v) is 5.05. The van der Waals surface area contributed by atoms with Crippen molar-refractivity contribution >= 4 is 23.1 Å². The summed E-state index contributed by atoms with van der Waals surface area (Å²) in [5.41, 5.74) is 3.61. The summed E-state index contributed by atoms with van der Waals surface area (Å²) in [5.74, 6) is 3.34. The maximum Gasteiger partial charge on any atom is 0.192 e. The van der Waals surface area contributed by atoms with Gasteiger partial charge in [0.1, 0.15) is 16.6 Å². The van der Waals surface area contributed by atoms with E-state index in [0.29, 0.717) is 12.5 Å². The molecule has 1 aliphatic rings. The Hall–Kier alpha value is -2.38. The molecule has 0 unspecified atom stereocenters. The van der Waals surface area contributed by atoms with Crippen molar-refractivity contribution < 1.29 is 4.42 Å². The van der Waals surface area contributed by atoms with Gasteiger partial charge in [-0.15, -0.1) is 21.5 Å². The van der Waals surface area contributed by atoms with Crippen molar-refractivity contribution in [3.63, 3.8) is 0 Å². The van der Waals surface area contributed by atoms with Crippen LogP contribution in [0.25, 0.3) is 10.6 Å². The summed E-state index contributed by atoms with van der Waals surface area (Å²) >= 11 is 3.39. The van der Waals surface area contributed by atoms with Crippen LogP contribution in [0.3, 0.4) is 0 Å². The molecule has 3 heterocycles. The van der Waals surface area contributed by atoms with Crippen molar-refractivity contribution in [2.75, 3.05) is 0 Å². The van der Waals surface area contributed by atoms with E-state index in [1.54, 1.807) is 29.4 Å². The van der Waals surface area contributed by atoms with Gasteiger partial charge in [-0.3, -0.25) is 4.57 Å². The Labute approximate surface area is 178 Å². The van der Waals surface area contributed by atoms with Gasteiger partial charge in [0.2, 0.25) is 0 Å². The van der Waals surface area contributed by atoms with E-state index >= 15 is 0 Å². The highest BCUT2D eigenvalue weighted by atomic mass is 32.2. The Balaban J connectivity index is 1.31. The zero-order chi connectivity index (χ0) is 19.6. The standard InChI is InChI=1S/C22H22N4OS2/c1-2-15-5-7-17(8-6-15)21-23-18(13-28-21)14-29-22-25-24-20(16-9-10-16)26(22)12-19-4-3-11-27-19/h3-8,11,13,16H,2,9-10,12,14H2,1H3. The van der Waals surface area contributed by atoms with Gasteiger partial charge in [-0.25, -0.2) is 4.98 Å². The van der Waals surface area contributed by atoms with Gasteiger partial charge >= 0.3 is 0 Å². The van der Waals surface area contributed by atoms with E-state index < -0.39 is 0 Å². The number of nitrogens with zero attached hydrogens (tertiary/aromatic N) is 4. The molecule has 0 N–H and O–H groups in total. The average Bonchev–Trinajstić information content (AvgIpc) is 3.14. The van der Waals surface area contributed by atoms with E-state index in [4.69, 9.17) is 9.40 Å². The second-order valence-corrected chi connectivity index (χ2v) is 9.06. The molecule has 0 saturated heterocycles. The number of hydrogen-bond donors (Lipinski definition) is 0. The Kier molecular flexibility index (Phi) is 5.24. The van der Waals surface area contributed by atoms with E-state index in [-0.39, 0.29) is 0 Å². The largest absolute Gasteiger partial charge is 0.467 e. The Morgan fingerprint density at radius 2 is 2.03 bits per heavy atom. The lowest BCUT2D eigenvalue weighted by atomic mass is 10.1. The summed E-state index contributed by atoms with van der Waals surface area (Å²) in [6.07, 6.45) is 5.18. The van der Waals surface area contributed by atoms with Crippen LogP contribution in [0, 0.1) is 0 Å². The summed E-state index contributed by atoms with van der Waals surface area (Å²) in [4.78, 5) is 4.83. The molecule has 1 aliphatic carbocycles. The highest BCUT2D eigenvalue weighted by Gasteiger charge is 2.30. The van der Waals surface area contributed by atoms with E-state index in [9.17, 15) is 0 Å². The Bertz CT molecular complexity index is 1080. The molecule has 1 aromatic carbocycles. The lowest BCUT2D eigenvalue weighted by molar-refractivity contribution is 0.478. The third kappa shape index (κ3) is 4.16. The third-order valence-electron chi connectivity index (χ3n) is 5.09. The summed E-state index contributed by atoms with van der Waals surface area (Å²) < 4.78 is 7.76. The maximum absolute atomic E-state index is 5.55. The number of thiazole rings is 1. The lowest BCUT2D eigenvalue weighted by Gasteiger charge is -2.07. The number of rotatable bonds is 8. The minimum absolute atomic E-state index is 0.545. The molecule has 1 fully saturated rings. The first-order valence-corrected chi connectivity index (χ1v) is 11.8. The van der Waals surface area contributed by atoms with Gasteiger partial charge < -0.3 is 4.42 Å². The summed E-state index contributed by atoms with van der Waals surface area (Å²) in [6, 6.07) is 12.6. The highest BCUT2D eigenvalue weighted by molar-refractivity contribution is 7.98. The van der Waals surface area contributed by atoms with Crippen molar-refractivity contribution in [2.24, 2.45) is 0 Å². The minimum Gasteiger partial charge on any atom is -0.467 e. The molecule has 3 aromatic heterocycles. The van der Waals surface area contributed by atoms with Crippen LogP contribution in [-0.4, -0.2) is 19.7 Å². The lowest BCUT2D eigenvalue weighted by Crippen LogP contribution is -2.05. The molecule has 0 spiro atoms. The van der Waals surface area contributed by atoms with Crippen molar-refractivity contribution in [3.05, 3.63) is 70.9 Å². The van der Waals surface area contributed by atoms with Gasteiger partial charge in [0.05, 0.1) is 18.5 Å². The smallest absolute Gasteiger partial charge is 0.192 e. The van der Waals surface area contributed by atoms with Gasteiger partial charge in [-0.05, 0) is 37.0 Å². The highest BCUT2D eigenvalue weighted by Crippen LogP contribution is 2.40. The molecule has 0 radical (unpaired) electrons. The predicted octanol–water partition coefficient (Wildman–Crippen LogP) is 5.78. The van der Waals surface area contributed by atoms with Crippen LogP contribution < -0.4 is 0 Å². The predicted molar refractivity (Wildman–Crippen MR) is 116 cm³/mol. The van der Waals surface area contributed by atoms with E-state index in [1.165, 1.54) is 24.0 Å². The van der Waals surface area contributed by atoms with Crippen LogP contribution >= 0.6 is 23.1 Å². The molecular formula is C22H22N4OS2. The second kappa shape index (κ2) is 8.16. The number of benzene rings is 1. The zero-order valence-electron chi connectivity index (χ0n) is 16.2. The van der Waals surface area contributed by atoms with Crippen LogP contribution in [0.15, 0.2) is 57.6 Å². The van der Waals surface area contributed by atoms with Gasteiger partial charge in [-0.1, -0.05) is 43.0 Å². The molecule has 4 aromatic rings. The molecule has 0 atom stereocenters. The maximum atomic E-state index is 5.55. The van der Waals surface area contributed by atoms with Crippen LogP contribution in [-0.2, 0) is 18.7 Å². The van der Waals surface area contributed by atoms with Crippen LogP contribution in [0.5, 0.6) is 0 Å². The fraction of sp³-hybridized carbons (Fsp3) is 0.318. The number of thioether (sulfide) groups is 1. The van der Waals surface area contributed by atoms with Crippen LogP contribution in [0.4, 0.5) is 0 Å². The fourth-order valence-electron chi connectivity index (χ4n) is 3.28. The molecule has 29 heavy (non-hydrogen) atoms. The van der Waals surface area contributed by atoms with E-state index in [2.05, 4.69) is 51.3 Å². The van der Waals surface area contributed by atoms with Crippen molar-refractivity contribution in [1.29, 1.82) is 0 Å². The molecule has 0 amide bonds. The molecule has 1 saturated carbocycles. The van der Waals surface area contributed by atoms with Crippen molar-refractivity contribution in [2.45, 2.75) is 49.6 Å². The molecule has 5 nitrogen and oxygen atoms in total. The van der Waals surface area contributed by atoms with Crippen LogP contribution in [0.2, 0.25) is 0 Å². The topological polar surface area (TPSA) is 56.7 Å². The first kappa shape index (κ1) is 18.6. The second-order valence-electron chi connectivity index (χ2n) is 7.26. The van der Waals surface area contributed by atoms with E-state index in [0.717, 1.165) is 39.6 Å². The van der Waals surface area contributed by atoms with Gasteiger partial charge in [0.15, 0.2) is 5.16 Å². The zero-order valence-corrected chi connectivity index (χ0v) is 17.9. The minimum atomic E-state index is 0.545. The monoisotopic (exact) mass is 422 g/mol. The molecule has 5 rings (SSSR count). The first-order chi connectivity index (χ1) is 14.3. The van der Waals surface area contributed by atoms with Gasteiger partial charge in [0.25, 0.3) is 0 Å². The number of aryl methyl sites for hydroxylation is 1. The average molecular weight is 423 g/mol. The Morgan fingerprint density at radius 3 is 2.76 bits per heavy atom.